The Morgan fingerprint density at radius 1 is 1.09 bits per heavy atom. The molecule has 2 heterocycles. The van der Waals surface area contributed by atoms with Gasteiger partial charge >= 0.3 is 0 Å². The molecular formula is C31H41F3N4O4S. The van der Waals surface area contributed by atoms with Crippen molar-refractivity contribution in [3.8, 4) is 0 Å². The first-order chi connectivity index (χ1) is 20.6. The van der Waals surface area contributed by atoms with Gasteiger partial charge in [0.05, 0.1) is 17.9 Å². The maximum Gasteiger partial charge on any atom is 0.241 e. The summed E-state index contributed by atoms with van der Waals surface area (Å²) in [5.74, 6) is -3.42. The number of hydrogen-bond acceptors (Lipinski definition) is 6. The van der Waals surface area contributed by atoms with Gasteiger partial charge in [0.2, 0.25) is 15.9 Å². The number of amides is 1. The normalized spacial score (nSPS) is 28.4. The molecule has 2 aliphatic heterocycles. The summed E-state index contributed by atoms with van der Waals surface area (Å²) in [5.41, 5.74) is 7.40. The summed E-state index contributed by atoms with van der Waals surface area (Å²) in [7, 11) is -1.77. The Balaban J connectivity index is 1.35. The van der Waals surface area contributed by atoms with Gasteiger partial charge in [0.25, 0.3) is 0 Å². The lowest BCUT2D eigenvalue weighted by atomic mass is 9.72. The van der Waals surface area contributed by atoms with E-state index in [1.807, 2.05) is 0 Å². The van der Waals surface area contributed by atoms with Crippen LogP contribution in [0.2, 0.25) is 0 Å². The van der Waals surface area contributed by atoms with Crippen LogP contribution in [0.3, 0.4) is 0 Å². The van der Waals surface area contributed by atoms with Crippen LogP contribution < -0.4 is 16.4 Å². The Bertz CT molecular complexity index is 1390. The largest absolute Gasteiger partial charge is 0.381 e. The lowest BCUT2D eigenvalue weighted by Gasteiger charge is -2.37. The van der Waals surface area contributed by atoms with Crippen LogP contribution in [0.1, 0.15) is 62.0 Å². The second-order valence-corrected chi connectivity index (χ2v) is 14.1. The Hall–Kier alpha value is -2.51. The third-order valence-corrected chi connectivity index (χ3v) is 11.4. The molecule has 5 atom stereocenters. The van der Waals surface area contributed by atoms with Crippen LogP contribution in [0.25, 0.3) is 0 Å². The minimum atomic E-state index is -3.45. The van der Waals surface area contributed by atoms with Crippen molar-refractivity contribution in [1.29, 1.82) is 0 Å². The minimum absolute atomic E-state index is 0.0138. The first kappa shape index (κ1) is 31.9. The molecule has 3 aliphatic rings. The van der Waals surface area contributed by atoms with E-state index >= 15 is 4.39 Å². The Kier molecular flexibility index (Phi) is 10.1. The van der Waals surface area contributed by atoms with Crippen LogP contribution in [-0.2, 0) is 26.0 Å². The van der Waals surface area contributed by atoms with Gasteiger partial charge in [-0.1, -0.05) is 12.1 Å². The highest BCUT2D eigenvalue weighted by molar-refractivity contribution is 7.89. The number of carbonyl (C=O) groups is 1. The van der Waals surface area contributed by atoms with Crippen LogP contribution in [0.4, 0.5) is 18.9 Å². The third kappa shape index (κ3) is 7.25. The van der Waals surface area contributed by atoms with Gasteiger partial charge in [0, 0.05) is 49.5 Å². The summed E-state index contributed by atoms with van der Waals surface area (Å²) < 4.78 is 76.1. The molecule has 3 fully saturated rings. The van der Waals surface area contributed by atoms with Crippen LogP contribution in [-0.4, -0.2) is 68.8 Å². The van der Waals surface area contributed by atoms with Gasteiger partial charge in [-0.05, 0) is 87.1 Å². The molecule has 0 aromatic heterocycles. The summed E-state index contributed by atoms with van der Waals surface area (Å²) in [6.45, 7) is 0.770. The molecule has 2 bridgehead atoms. The summed E-state index contributed by atoms with van der Waals surface area (Å²) in [6.07, 6.45) is 4.90. The van der Waals surface area contributed by atoms with Gasteiger partial charge in [-0.15, -0.1) is 0 Å². The smallest absolute Gasteiger partial charge is 0.241 e. The summed E-state index contributed by atoms with van der Waals surface area (Å²) in [4.78, 5) is 13.6. The number of piperazine rings is 1. The average molecular weight is 623 g/mol. The van der Waals surface area contributed by atoms with Crippen molar-refractivity contribution in [2.24, 2.45) is 11.7 Å². The quantitative estimate of drug-likeness (QED) is 0.389. The van der Waals surface area contributed by atoms with E-state index in [0.29, 0.717) is 19.5 Å². The lowest BCUT2D eigenvalue weighted by Crippen LogP contribution is -2.57. The van der Waals surface area contributed by atoms with Crippen molar-refractivity contribution in [1.82, 2.24) is 9.62 Å². The van der Waals surface area contributed by atoms with Crippen molar-refractivity contribution < 1.29 is 31.1 Å². The van der Waals surface area contributed by atoms with Gasteiger partial charge in [0.1, 0.15) is 5.82 Å². The molecule has 2 saturated heterocycles. The molecule has 4 N–H and O–H groups in total. The number of rotatable bonds is 9. The Morgan fingerprint density at radius 3 is 2.51 bits per heavy atom. The van der Waals surface area contributed by atoms with Crippen LogP contribution in [0, 0.1) is 23.4 Å². The number of nitrogens with two attached hydrogens (primary N) is 1. The van der Waals surface area contributed by atoms with E-state index in [-0.39, 0.29) is 47.9 Å². The lowest BCUT2D eigenvalue weighted by molar-refractivity contribution is -0.118. The minimum Gasteiger partial charge on any atom is -0.381 e. The number of halogens is 3. The molecule has 43 heavy (non-hydrogen) atoms. The molecule has 12 heteroatoms. The van der Waals surface area contributed by atoms with E-state index in [1.165, 1.54) is 22.5 Å². The highest BCUT2D eigenvalue weighted by atomic mass is 32.2. The molecule has 5 rings (SSSR count). The molecule has 5 unspecified atom stereocenters. The fraction of sp³-hybridized carbons (Fsp3) is 0.581. The van der Waals surface area contributed by atoms with Crippen LogP contribution >= 0.6 is 0 Å². The van der Waals surface area contributed by atoms with Crippen LogP contribution in [0.15, 0.2) is 36.4 Å². The van der Waals surface area contributed by atoms with Gasteiger partial charge in [-0.25, -0.2) is 21.6 Å². The molecular weight excluding hydrogens is 581 g/mol. The van der Waals surface area contributed by atoms with Gasteiger partial charge in [0.15, 0.2) is 11.6 Å². The predicted octanol–water partition coefficient (Wildman–Crippen LogP) is 4.06. The number of nitrogens with one attached hydrogen (secondary N) is 2. The molecule has 236 valence electrons. The molecule has 1 aliphatic carbocycles. The van der Waals surface area contributed by atoms with E-state index in [9.17, 15) is 22.0 Å². The highest BCUT2D eigenvalue weighted by Crippen LogP contribution is 2.39. The van der Waals surface area contributed by atoms with Crippen molar-refractivity contribution in [2.45, 2.75) is 81.5 Å². The molecule has 1 saturated carbocycles. The predicted molar refractivity (Wildman–Crippen MR) is 158 cm³/mol. The number of sulfonamides is 1. The monoisotopic (exact) mass is 622 g/mol. The summed E-state index contributed by atoms with van der Waals surface area (Å²) >= 11 is 0. The molecule has 0 spiro atoms. The first-order valence-electron chi connectivity index (χ1n) is 15.1. The zero-order chi connectivity index (χ0) is 30.7. The second-order valence-electron chi connectivity index (χ2n) is 12.1. The van der Waals surface area contributed by atoms with Gasteiger partial charge < -0.3 is 21.1 Å². The van der Waals surface area contributed by atoms with Crippen molar-refractivity contribution >= 4 is 21.6 Å². The number of fused-ring (bicyclic) bond motifs is 2. The summed E-state index contributed by atoms with van der Waals surface area (Å²) in [6, 6.07) is 6.84. The maximum atomic E-state index is 15.2. The fourth-order valence-electron chi connectivity index (χ4n) is 7.03. The van der Waals surface area contributed by atoms with E-state index in [0.717, 1.165) is 43.7 Å². The van der Waals surface area contributed by atoms with Gasteiger partial charge in [-0.3, -0.25) is 4.79 Å². The van der Waals surface area contributed by atoms with Crippen molar-refractivity contribution in [3.63, 3.8) is 0 Å². The SMILES string of the molecule is COC1CCC(C(c2ccc(F)cc2)C(N)C(=O)Nc2ccc(F)c(F)c2CCC2CNC3CCCS(=O)(=O)N2C3)CC1. The standard InChI is InChI=1S/C31H41F3N4O4S/c1-42-24-11-6-20(7-12-24)28(19-4-8-21(32)9-5-19)30(35)31(39)37-27-15-14-26(33)29(34)25(27)13-10-23-17-36-22-3-2-16-43(40,41)38(23)18-22/h4-5,8-9,14-15,20,22-24,28,30,36H,2-3,6-7,10-13,16-18,35H2,1H3,(H,37,39). The number of ether oxygens (including phenoxy) is 1. The Labute approximate surface area is 251 Å². The van der Waals surface area contributed by atoms with Crippen molar-refractivity contribution in [3.05, 3.63) is 65.0 Å². The van der Waals surface area contributed by atoms with Crippen LogP contribution in [0.5, 0.6) is 0 Å². The molecule has 1 amide bonds. The number of carbonyl (C=O) groups excluding carboxylic acids is 1. The third-order valence-electron chi connectivity index (χ3n) is 9.45. The molecule has 2 aromatic rings. The van der Waals surface area contributed by atoms with E-state index < -0.39 is 51.4 Å². The van der Waals surface area contributed by atoms with E-state index in [4.69, 9.17) is 10.5 Å². The number of nitrogens with zero attached hydrogens (tertiary/aromatic N) is 1. The number of methoxy groups -OCH3 is 1. The zero-order valence-corrected chi connectivity index (χ0v) is 25.2. The second kappa shape index (κ2) is 13.6. The first-order valence-corrected chi connectivity index (χ1v) is 16.7. The van der Waals surface area contributed by atoms with E-state index in [1.54, 1.807) is 19.2 Å². The molecule has 0 radical (unpaired) electrons. The Morgan fingerprint density at radius 2 is 1.81 bits per heavy atom. The van der Waals surface area contributed by atoms with Crippen molar-refractivity contribution in [2.75, 3.05) is 31.3 Å². The molecule has 2 aromatic carbocycles. The highest BCUT2D eigenvalue weighted by Gasteiger charge is 2.39. The topological polar surface area (TPSA) is 114 Å². The summed E-state index contributed by atoms with van der Waals surface area (Å²) in [5, 5.41) is 6.12. The molecule has 8 nitrogen and oxygen atoms in total. The zero-order valence-electron chi connectivity index (χ0n) is 24.4. The number of anilines is 1. The fourth-order valence-corrected chi connectivity index (χ4v) is 8.84. The number of hydrogen-bond donors (Lipinski definition) is 3. The maximum absolute atomic E-state index is 15.2. The van der Waals surface area contributed by atoms with Gasteiger partial charge in [-0.2, -0.15) is 4.31 Å². The number of benzene rings is 2. The van der Waals surface area contributed by atoms with E-state index in [2.05, 4.69) is 10.6 Å². The average Bonchev–Trinajstić information content (AvgIpc) is 3.11.